The van der Waals surface area contributed by atoms with Crippen LogP contribution in [0.5, 0.6) is 0 Å². The van der Waals surface area contributed by atoms with Gasteiger partial charge in [0.2, 0.25) is 0 Å². The average molecular weight is 180 g/mol. The summed E-state index contributed by atoms with van der Waals surface area (Å²) in [6.45, 7) is 4.24. The maximum absolute atomic E-state index is 9.70. The Bertz CT molecular complexity index is 290. The fourth-order valence-corrected chi connectivity index (χ4v) is 2.00. The Morgan fingerprint density at radius 3 is 3.08 bits per heavy atom. The number of nitrogens with zero attached hydrogens (tertiary/aromatic N) is 2. The van der Waals surface area contributed by atoms with Gasteiger partial charge < -0.3 is 5.11 Å². The van der Waals surface area contributed by atoms with E-state index in [-0.39, 0.29) is 6.10 Å². The van der Waals surface area contributed by atoms with Crippen LogP contribution < -0.4 is 0 Å². The molecule has 0 saturated carbocycles. The van der Waals surface area contributed by atoms with Crippen LogP contribution in [0.15, 0.2) is 6.20 Å². The van der Waals surface area contributed by atoms with Crippen LogP contribution >= 0.6 is 0 Å². The third-order valence-corrected chi connectivity index (χ3v) is 2.67. The lowest BCUT2D eigenvalue weighted by Crippen LogP contribution is -2.13. The predicted molar refractivity (Wildman–Crippen MR) is 50.5 cm³/mol. The largest absolute Gasteiger partial charge is 0.388 e. The van der Waals surface area contributed by atoms with Gasteiger partial charge in [-0.3, -0.25) is 4.68 Å². The van der Waals surface area contributed by atoms with Gasteiger partial charge in [-0.05, 0) is 33.1 Å². The van der Waals surface area contributed by atoms with Gasteiger partial charge in [-0.2, -0.15) is 5.10 Å². The Hall–Kier alpha value is -0.830. The summed E-state index contributed by atoms with van der Waals surface area (Å²) in [5.41, 5.74) is 2.27. The number of aromatic nitrogens is 2. The minimum absolute atomic E-state index is 0.281. The van der Waals surface area contributed by atoms with E-state index >= 15 is 0 Å². The summed E-state index contributed by atoms with van der Waals surface area (Å²) in [6.07, 6.45) is 4.56. The lowest BCUT2D eigenvalue weighted by Gasteiger charge is -2.19. The Balaban J connectivity index is 2.41. The van der Waals surface area contributed by atoms with Crippen LogP contribution in [0, 0.1) is 0 Å². The van der Waals surface area contributed by atoms with E-state index in [4.69, 9.17) is 0 Å². The van der Waals surface area contributed by atoms with E-state index in [1.54, 1.807) is 0 Å². The van der Waals surface area contributed by atoms with Crippen molar-refractivity contribution >= 4 is 0 Å². The van der Waals surface area contributed by atoms with Crippen LogP contribution in [0.2, 0.25) is 0 Å². The van der Waals surface area contributed by atoms with E-state index in [9.17, 15) is 5.11 Å². The van der Waals surface area contributed by atoms with Crippen LogP contribution in [0.4, 0.5) is 0 Å². The highest BCUT2D eigenvalue weighted by Crippen LogP contribution is 2.30. The summed E-state index contributed by atoms with van der Waals surface area (Å²) in [5, 5.41) is 14.0. The van der Waals surface area contributed by atoms with Crippen molar-refractivity contribution in [1.29, 1.82) is 0 Å². The number of aliphatic hydroxyl groups excluding tert-OH is 1. The number of hydrogen-bond acceptors (Lipinski definition) is 2. The molecular weight excluding hydrogens is 164 g/mol. The van der Waals surface area contributed by atoms with E-state index in [1.165, 1.54) is 5.69 Å². The van der Waals surface area contributed by atoms with Gasteiger partial charge in [0.1, 0.15) is 0 Å². The molecule has 0 aromatic carbocycles. The summed E-state index contributed by atoms with van der Waals surface area (Å²) < 4.78 is 2.03. The van der Waals surface area contributed by atoms with Crippen molar-refractivity contribution in [1.82, 2.24) is 9.78 Å². The average Bonchev–Trinajstić information content (AvgIpc) is 2.48. The van der Waals surface area contributed by atoms with Crippen molar-refractivity contribution in [2.75, 3.05) is 0 Å². The molecule has 1 aromatic heterocycles. The van der Waals surface area contributed by atoms with Crippen LogP contribution in [0.3, 0.4) is 0 Å². The van der Waals surface area contributed by atoms with Crippen LogP contribution in [-0.4, -0.2) is 14.9 Å². The predicted octanol–water partition coefficient (Wildman–Crippen LogP) is 1.83. The number of fused-ring (bicyclic) bond motifs is 1. The monoisotopic (exact) mass is 180 g/mol. The van der Waals surface area contributed by atoms with Crippen LogP contribution in [0.1, 0.15) is 50.1 Å². The summed E-state index contributed by atoms with van der Waals surface area (Å²) in [7, 11) is 0. The Morgan fingerprint density at radius 1 is 1.62 bits per heavy atom. The molecule has 0 bridgehead atoms. The van der Waals surface area contributed by atoms with Gasteiger partial charge in [-0.1, -0.05) is 0 Å². The Labute approximate surface area is 78.4 Å². The first kappa shape index (κ1) is 8.75. The summed E-state index contributed by atoms with van der Waals surface area (Å²) >= 11 is 0. The highest BCUT2D eigenvalue weighted by Gasteiger charge is 2.22. The quantitative estimate of drug-likeness (QED) is 0.716. The van der Waals surface area contributed by atoms with Crippen LogP contribution in [-0.2, 0) is 6.42 Å². The standard InChI is InChI=1S/C10H16N2O/c1-7(2)12-9-4-3-5-10(13)8(9)6-11-12/h6-7,10,13H,3-5H2,1-2H3. The maximum Gasteiger partial charge on any atom is 0.0823 e. The number of hydrogen-bond donors (Lipinski definition) is 1. The number of rotatable bonds is 1. The van der Waals surface area contributed by atoms with E-state index in [2.05, 4.69) is 18.9 Å². The van der Waals surface area contributed by atoms with Crippen molar-refractivity contribution in [2.45, 2.75) is 45.3 Å². The summed E-state index contributed by atoms with van der Waals surface area (Å²) in [6, 6.07) is 0.397. The third-order valence-electron chi connectivity index (χ3n) is 2.67. The first-order valence-electron chi connectivity index (χ1n) is 4.94. The van der Waals surface area contributed by atoms with Crippen LogP contribution in [0.25, 0.3) is 0 Å². The Morgan fingerprint density at radius 2 is 2.38 bits per heavy atom. The normalized spacial score (nSPS) is 22.0. The van der Waals surface area contributed by atoms with Gasteiger partial charge in [-0.15, -0.1) is 0 Å². The molecule has 1 atom stereocenters. The van der Waals surface area contributed by atoms with Crippen molar-refractivity contribution in [3.63, 3.8) is 0 Å². The smallest absolute Gasteiger partial charge is 0.0823 e. The van der Waals surface area contributed by atoms with Gasteiger partial charge in [0.05, 0.1) is 12.3 Å². The van der Waals surface area contributed by atoms with Gasteiger partial charge in [0, 0.05) is 17.3 Å². The van der Waals surface area contributed by atoms with E-state index < -0.39 is 0 Å². The molecule has 0 radical (unpaired) electrons. The molecule has 1 aliphatic carbocycles. The first-order chi connectivity index (χ1) is 6.20. The minimum atomic E-state index is -0.281. The van der Waals surface area contributed by atoms with Crippen molar-refractivity contribution < 1.29 is 5.11 Å². The molecule has 0 fully saturated rings. The molecule has 0 aliphatic heterocycles. The second-order valence-corrected chi connectivity index (χ2v) is 3.99. The highest BCUT2D eigenvalue weighted by molar-refractivity contribution is 5.23. The fraction of sp³-hybridized carbons (Fsp3) is 0.700. The lowest BCUT2D eigenvalue weighted by atomic mass is 9.95. The highest BCUT2D eigenvalue weighted by atomic mass is 16.3. The molecule has 0 amide bonds. The molecule has 1 aliphatic rings. The van der Waals surface area contributed by atoms with Crippen molar-refractivity contribution in [2.24, 2.45) is 0 Å². The molecule has 3 heteroatoms. The molecule has 1 heterocycles. The van der Waals surface area contributed by atoms with E-state index in [0.717, 1.165) is 24.8 Å². The summed E-state index contributed by atoms with van der Waals surface area (Å²) in [5.74, 6) is 0. The minimum Gasteiger partial charge on any atom is -0.388 e. The SMILES string of the molecule is CC(C)n1ncc2c1CCCC2O. The van der Waals surface area contributed by atoms with E-state index in [0.29, 0.717) is 6.04 Å². The molecule has 13 heavy (non-hydrogen) atoms. The second-order valence-electron chi connectivity index (χ2n) is 3.99. The van der Waals surface area contributed by atoms with Gasteiger partial charge >= 0.3 is 0 Å². The van der Waals surface area contributed by atoms with Gasteiger partial charge in [0.15, 0.2) is 0 Å². The molecule has 1 N–H and O–H groups in total. The zero-order valence-electron chi connectivity index (χ0n) is 8.20. The molecule has 2 rings (SSSR count). The molecule has 3 nitrogen and oxygen atoms in total. The fourth-order valence-electron chi connectivity index (χ4n) is 2.00. The zero-order chi connectivity index (χ0) is 9.42. The third kappa shape index (κ3) is 1.37. The van der Waals surface area contributed by atoms with Gasteiger partial charge in [0.25, 0.3) is 0 Å². The molecule has 0 spiro atoms. The molecule has 1 unspecified atom stereocenters. The molecular formula is C10H16N2O. The molecule has 0 saturated heterocycles. The second kappa shape index (κ2) is 3.14. The number of aliphatic hydroxyl groups is 1. The lowest BCUT2D eigenvalue weighted by molar-refractivity contribution is 0.155. The van der Waals surface area contributed by atoms with Crippen molar-refractivity contribution in [3.05, 3.63) is 17.5 Å². The van der Waals surface area contributed by atoms with Gasteiger partial charge in [-0.25, -0.2) is 0 Å². The first-order valence-corrected chi connectivity index (χ1v) is 4.94. The molecule has 72 valence electrons. The van der Waals surface area contributed by atoms with E-state index in [1.807, 2.05) is 10.9 Å². The Kier molecular flexibility index (Phi) is 2.12. The zero-order valence-corrected chi connectivity index (χ0v) is 8.20. The van der Waals surface area contributed by atoms with Crippen molar-refractivity contribution in [3.8, 4) is 0 Å². The topological polar surface area (TPSA) is 38.0 Å². The molecule has 1 aromatic rings. The maximum atomic E-state index is 9.70. The summed E-state index contributed by atoms with van der Waals surface area (Å²) in [4.78, 5) is 0.